The molecule has 1 aliphatic heterocycles. The van der Waals surface area contributed by atoms with Crippen LogP contribution in [0.15, 0.2) is 42.6 Å². The van der Waals surface area contributed by atoms with Crippen LogP contribution >= 0.6 is 12.4 Å². The molecule has 1 aromatic carbocycles. The molecule has 2 heterocycles. The van der Waals surface area contributed by atoms with Gasteiger partial charge in [0.25, 0.3) is 5.91 Å². The van der Waals surface area contributed by atoms with E-state index in [1.165, 1.54) is 6.42 Å². The Balaban J connectivity index is 0.00000161. The number of carbonyl (C=O) groups is 1. The van der Waals surface area contributed by atoms with Gasteiger partial charge in [0.15, 0.2) is 5.69 Å². The highest BCUT2D eigenvalue weighted by Crippen LogP contribution is 2.07. The summed E-state index contributed by atoms with van der Waals surface area (Å²) in [7, 11) is 0. The Labute approximate surface area is 130 Å². The predicted molar refractivity (Wildman–Crippen MR) is 84.2 cm³/mol. The van der Waals surface area contributed by atoms with Gasteiger partial charge in [-0.25, -0.2) is 4.68 Å². The molecule has 1 saturated heterocycles. The summed E-state index contributed by atoms with van der Waals surface area (Å²) in [6.07, 6.45) is 4.11. The summed E-state index contributed by atoms with van der Waals surface area (Å²) < 4.78 is 1.71. The molecule has 0 spiro atoms. The third-order valence-electron chi connectivity index (χ3n) is 3.51. The van der Waals surface area contributed by atoms with Gasteiger partial charge in [-0.1, -0.05) is 18.2 Å². The molecule has 1 atom stereocenters. The first-order chi connectivity index (χ1) is 9.83. The van der Waals surface area contributed by atoms with Crippen molar-refractivity contribution in [3.63, 3.8) is 0 Å². The molecule has 0 aliphatic carbocycles. The lowest BCUT2D eigenvalue weighted by atomic mass is 10.2. The minimum Gasteiger partial charge on any atom is -0.349 e. The van der Waals surface area contributed by atoms with Gasteiger partial charge in [-0.3, -0.25) is 4.79 Å². The smallest absolute Gasteiger partial charge is 0.271 e. The molecule has 21 heavy (non-hydrogen) atoms. The van der Waals surface area contributed by atoms with Crippen LogP contribution < -0.4 is 10.6 Å². The molecule has 5 nitrogen and oxygen atoms in total. The van der Waals surface area contributed by atoms with Crippen LogP contribution in [0.5, 0.6) is 0 Å². The van der Waals surface area contributed by atoms with Crippen molar-refractivity contribution in [1.82, 2.24) is 20.4 Å². The van der Waals surface area contributed by atoms with Crippen molar-refractivity contribution in [2.45, 2.75) is 18.9 Å². The highest BCUT2D eigenvalue weighted by Gasteiger charge is 2.16. The third kappa shape index (κ3) is 3.83. The molecule has 2 N–H and O–H groups in total. The fraction of sp³-hybridized carbons (Fsp3) is 0.333. The Morgan fingerprint density at radius 1 is 1.33 bits per heavy atom. The number of carbonyl (C=O) groups excluding carboxylic acids is 1. The molecule has 1 aromatic heterocycles. The van der Waals surface area contributed by atoms with Gasteiger partial charge in [0.05, 0.1) is 5.69 Å². The summed E-state index contributed by atoms with van der Waals surface area (Å²) in [6, 6.07) is 11.9. The van der Waals surface area contributed by atoms with Gasteiger partial charge >= 0.3 is 0 Å². The Hall–Kier alpha value is -1.85. The number of hydrogen-bond donors (Lipinski definition) is 2. The molecule has 1 aliphatic rings. The Kier molecular flexibility index (Phi) is 5.36. The van der Waals surface area contributed by atoms with Crippen molar-refractivity contribution in [2.75, 3.05) is 13.1 Å². The van der Waals surface area contributed by atoms with E-state index in [0.29, 0.717) is 18.3 Å². The molecular weight excluding hydrogens is 288 g/mol. The van der Waals surface area contributed by atoms with Crippen molar-refractivity contribution in [2.24, 2.45) is 0 Å². The lowest BCUT2D eigenvalue weighted by molar-refractivity contribution is 0.0945. The summed E-state index contributed by atoms with van der Waals surface area (Å²) in [5.41, 5.74) is 1.40. The number of aromatic nitrogens is 2. The van der Waals surface area contributed by atoms with E-state index < -0.39 is 0 Å². The normalized spacial score (nSPS) is 17.2. The molecule has 3 rings (SSSR count). The number of amides is 1. The minimum absolute atomic E-state index is 0. The van der Waals surface area contributed by atoms with Crippen LogP contribution in [-0.4, -0.2) is 34.8 Å². The van der Waals surface area contributed by atoms with E-state index in [0.717, 1.165) is 18.7 Å². The van der Waals surface area contributed by atoms with E-state index >= 15 is 0 Å². The quantitative estimate of drug-likeness (QED) is 0.905. The molecule has 0 bridgehead atoms. The van der Waals surface area contributed by atoms with E-state index in [4.69, 9.17) is 0 Å². The van der Waals surface area contributed by atoms with Crippen molar-refractivity contribution < 1.29 is 4.79 Å². The van der Waals surface area contributed by atoms with Crippen molar-refractivity contribution >= 4 is 18.3 Å². The van der Waals surface area contributed by atoms with E-state index in [1.807, 2.05) is 30.3 Å². The Morgan fingerprint density at radius 3 is 2.86 bits per heavy atom. The van der Waals surface area contributed by atoms with Crippen LogP contribution in [0.4, 0.5) is 0 Å². The van der Waals surface area contributed by atoms with Gasteiger partial charge < -0.3 is 10.6 Å². The number of benzene rings is 1. The maximum atomic E-state index is 12.0. The number of rotatable bonds is 4. The molecule has 1 unspecified atom stereocenters. The fourth-order valence-corrected chi connectivity index (χ4v) is 2.41. The maximum absolute atomic E-state index is 12.0. The number of nitrogens with one attached hydrogen (secondary N) is 2. The Bertz CT molecular complexity index is 578. The van der Waals surface area contributed by atoms with Crippen molar-refractivity contribution in [3.8, 4) is 5.69 Å². The van der Waals surface area contributed by atoms with Gasteiger partial charge in [0.1, 0.15) is 0 Å². The van der Waals surface area contributed by atoms with Crippen LogP contribution in [0.1, 0.15) is 23.3 Å². The van der Waals surface area contributed by atoms with Crippen LogP contribution in [0.25, 0.3) is 5.69 Å². The average molecular weight is 307 g/mol. The topological polar surface area (TPSA) is 59.0 Å². The molecule has 2 aromatic rings. The highest BCUT2D eigenvalue weighted by atomic mass is 35.5. The summed E-state index contributed by atoms with van der Waals surface area (Å²) in [5.74, 6) is -0.117. The van der Waals surface area contributed by atoms with Crippen molar-refractivity contribution in [1.29, 1.82) is 0 Å². The zero-order valence-corrected chi connectivity index (χ0v) is 12.5. The fourth-order valence-electron chi connectivity index (χ4n) is 2.41. The molecule has 112 valence electrons. The lowest BCUT2D eigenvalue weighted by Gasteiger charge is -2.10. The van der Waals surface area contributed by atoms with Gasteiger partial charge in [0.2, 0.25) is 0 Å². The summed E-state index contributed by atoms with van der Waals surface area (Å²) in [5, 5.41) is 10.6. The van der Waals surface area contributed by atoms with E-state index in [1.54, 1.807) is 16.9 Å². The zero-order valence-electron chi connectivity index (χ0n) is 11.7. The molecule has 1 amide bonds. The predicted octanol–water partition coefficient (Wildman–Crippen LogP) is 1.78. The average Bonchev–Trinajstić information content (AvgIpc) is 3.17. The summed E-state index contributed by atoms with van der Waals surface area (Å²) in [4.78, 5) is 12.0. The van der Waals surface area contributed by atoms with Gasteiger partial charge in [-0.05, 0) is 37.6 Å². The van der Waals surface area contributed by atoms with Crippen LogP contribution in [0.2, 0.25) is 0 Å². The standard InChI is InChI=1S/C15H18N4O.ClH/c20-15(17-11-12-5-4-9-16-12)14-8-10-19(18-14)13-6-2-1-3-7-13;/h1-3,6-8,10,12,16H,4-5,9,11H2,(H,17,20);1H. The number of hydrogen-bond acceptors (Lipinski definition) is 3. The first kappa shape index (κ1) is 15.5. The Morgan fingerprint density at radius 2 is 2.14 bits per heavy atom. The largest absolute Gasteiger partial charge is 0.349 e. The molecule has 0 saturated carbocycles. The van der Waals surface area contributed by atoms with Gasteiger partial charge in [0, 0.05) is 18.8 Å². The van der Waals surface area contributed by atoms with E-state index in [9.17, 15) is 4.79 Å². The SMILES string of the molecule is Cl.O=C(NCC1CCCN1)c1ccn(-c2ccccc2)n1. The van der Waals surface area contributed by atoms with Crippen LogP contribution in [-0.2, 0) is 0 Å². The molecule has 0 radical (unpaired) electrons. The van der Waals surface area contributed by atoms with Crippen LogP contribution in [0, 0.1) is 0 Å². The van der Waals surface area contributed by atoms with Crippen LogP contribution in [0.3, 0.4) is 0 Å². The third-order valence-corrected chi connectivity index (χ3v) is 3.51. The minimum atomic E-state index is -0.117. The number of nitrogens with zero attached hydrogens (tertiary/aromatic N) is 2. The maximum Gasteiger partial charge on any atom is 0.271 e. The highest BCUT2D eigenvalue weighted by molar-refractivity contribution is 5.92. The lowest BCUT2D eigenvalue weighted by Crippen LogP contribution is -2.37. The van der Waals surface area contributed by atoms with E-state index in [-0.39, 0.29) is 18.3 Å². The molecular formula is C15H19ClN4O. The van der Waals surface area contributed by atoms with Crippen molar-refractivity contribution in [3.05, 3.63) is 48.3 Å². The monoisotopic (exact) mass is 306 g/mol. The summed E-state index contributed by atoms with van der Waals surface area (Å²) >= 11 is 0. The van der Waals surface area contributed by atoms with Gasteiger partial charge in [-0.15, -0.1) is 12.4 Å². The second-order valence-corrected chi connectivity index (χ2v) is 4.98. The number of halogens is 1. The first-order valence-electron chi connectivity index (χ1n) is 6.95. The number of para-hydroxylation sites is 1. The molecule has 1 fully saturated rings. The summed E-state index contributed by atoms with van der Waals surface area (Å²) in [6.45, 7) is 1.71. The van der Waals surface area contributed by atoms with Gasteiger partial charge in [-0.2, -0.15) is 5.10 Å². The first-order valence-corrected chi connectivity index (χ1v) is 6.95. The second-order valence-electron chi connectivity index (χ2n) is 4.98. The molecule has 6 heteroatoms. The second kappa shape index (κ2) is 7.24. The zero-order chi connectivity index (χ0) is 13.8. The van der Waals surface area contributed by atoms with E-state index in [2.05, 4.69) is 15.7 Å².